The van der Waals surface area contributed by atoms with Gasteiger partial charge in [0.25, 0.3) is 0 Å². The van der Waals surface area contributed by atoms with Crippen LogP contribution in [-0.4, -0.2) is 33.0 Å². The Hall–Kier alpha value is -3.65. The molecule has 0 atom stereocenters. The van der Waals surface area contributed by atoms with Gasteiger partial charge in [-0.05, 0) is 62.4 Å². The molecule has 8 heteroatoms. The van der Waals surface area contributed by atoms with Crippen LogP contribution >= 0.6 is 11.8 Å². The number of nitrogens with one attached hydrogen (secondary N) is 1. The zero-order valence-corrected chi connectivity index (χ0v) is 19.1. The molecule has 168 valence electrons. The van der Waals surface area contributed by atoms with E-state index in [0.29, 0.717) is 28.8 Å². The van der Waals surface area contributed by atoms with E-state index < -0.39 is 0 Å². The normalized spacial score (nSPS) is 10.8. The number of hydrogen-bond acceptors (Lipinski definition) is 5. The van der Waals surface area contributed by atoms with E-state index in [1.165, 1.54) is 17.8 Å². The lowest BCUT2D eigenvalue weighted by molar-refractivity contribution is -0.113. The average Bonchev–Trinajstić information content (AvgIpc) is 3.24. The molecule has 0 unspecified atom stereocenters. The maximum absolute atomic E-state index is 14.5. The van der Waals surface area contributed by atoms with Gasteiger partial charge in [-0.3, -0.25) is 9.36 Å². The monoisotopic (exact) mass is 462 g/mol. The molecule has 1 N–H and O–H groups in total. The Morgan fingerprint density at radius 2 is 1.76 bits per heavy atom. The second-order valence-corrected chi connectivity index (χ2v) is 8.19. The van der Waals surface area contributed by atoms with E-state index in [0.717, 1.165) is 17.0 Å². The molecule has 1 aromatic heterocycles. The lowest BCUT2D eigenvalue weighted by Gasteiger charge is -2.11. The fourth-order valence-corrected chi connectivity index (χ4v) is 3.99. The summed E-state index contributed by atoms with van der Waals surface area (Å²) in [6.07, 6.45) is 0. The number of ether oxygens (including phenoxy) is 1. The molecule has 0 fully saturated rings. The van der Waals surface area contributed by atoms with Crippen LogP contribution in [0.3, 0.4) is 0 Å². The fraction of sp³-hybridized carbons (Fsp3) is 0.160. The summed E-state index contributed by atoms with van der Waals surface area (Å²) in [7, 11) is 0. The molecule has 0 aliphatic rings. The minimum absolute atomic E-state index is 0.120. The molecule has 0 bridgehead atoms. The van der Waals surface area contributed by atoms with Crippen molar-refractivity contribution in [1.29, 1.82) is 0 Å². The van der Waals surface area contributed by atoms with Crippen molar-refractivity contribution in [1.82, 2.24) is 14.8 Å². The maximum atomic E-state index is 14.5. The average molecular weight is 463 g/mol. The van der Waals surface area contributed by atoms with Crippen LogP contribution in [0.25, 0.3) is 17.1 Å². The highest BCUT2D eigenvalue weighted by molar-refractivity contribution is 7.99. The Labute approximate surface area is 195 Å². The van der Waals surface area contributed by atoms with Gasteiger partial charge in [-0.25, -0.2) is 4.39 Å². The number of amides is 1. The minimum atomic E-state index is -0.386. The van der Waals surface area contributed by atoms with E-state index in [2.05, 4.69) is 15.5 Å². The van der Waals surface area contributed by atoms with Crippen molar-refractivity contribution in [3.8, 4) is 22.8 Å². The van der Waals surface area contributed by atoms with E-state index in [4.69, 9.17) is 4.74 Å². The van der Waals surface area contributed by atoms with Crippen LogP contribution in [0.15, 0.2) is 78.0 Å². The summed E-state index contributed by atoms with van der Waals surface area (Å²) in [6.45, 7) is 4.49. The molecule has 3 aromatic carbocycles. The number of hydrogen-bond donors (Lipinski definition) is 1. The molecule has 0 aliphatic carbocycles. The second-order valence-electron chi connectivity index (χ2n) is 7.25. The molecule has 4 aromatic rings. The number of thioether (sulfide) groups is 1. The van der Waals surface area contributed by atoms with Gasteiger partial charge in [0.2, 0.25) is 5.91 Å². The van der Waals surface area contributed by atoms with Crippen molar-refractivity contribution in [3.05, 3.63) is 84.2 Å². The van der Waals surface area contributed by atoms with E-state index in [1.54, 1.807) is 47.0 Å². The molecule has 1 heterocycles. The maximum Gasteiger partial charge on any atom is 0.234 e. The second kappa shape index (κ2) is 10.3. The molecule has 0 saturated carbocycles. The fourth-order valence-electron chi connectivity index (χ4n) is 3.24. The first kappa shape index (κ1) is 22.5. The summed E-state index contributed by atoms with van der Waals surface area (Å²) < 4.78 is 21.7. The Balaban J connectivity index is 1.55. The third-order valence-corrected chi connectivity index (χ3v) is 5.75. The third kappa shape index (κ3) is 5.40. The van der Waals surface area contributed by atoms with E-state index in [9.17, 15) is 9.18 Å². The van der Waals surface area contributed by atoms with Crippen molar-refractivity contribution >= 4 is 23.4 Å². The number of aryl methyl sites for hydroxylation is 1. The molecule has 0 spiro atoms. The summed E-state index contributed by atoms with van der Waals surface area (Å²) >= 11 is 1.24. The van der Waals surface area contributed by atoms with Crippen LogP contribution in [0, 0.1) is 12.7 Å². The lowest BCUT2D eigenvalue weighted by Crippen LogP contribution is -2.14. The summed E-state index contributed by atoms with van der Waals surface area (Å²) in [6, 6.07) is 21.4. The van der Waals surface area contributed by atoms with Gasteiger partial charge in [0.1, 0.15) is 11.6 Å². The Bertz CT molecular complexity index is 1240. The molecule has 1 amide bonds. The molecule has 33 heavy (non-hydrogen) atoms. The van der Waals surface area contributed by atoms with Gasteiger partial charge in [-0.15, -0.1) is 10.2 Å². The van der Waals surface area contributed by atoms with Crippen LogP contribution in [0.2, 0.25) is 0 Å². The minimum Gasteiger partial charge on any atom is -0.494 e. The van der Waals surface area contributed by atoms with Crippen molar-refractivity contribution in [3.63, 3.8) is 0 Å². The first-order valence-corrected chi connectivity index (χ1v) is 11.5. The third-order valence-electron chi connectivity index (χ3n) is 4.82. The SMILES string of the molecule is CCOc1ccc(NC(=O)CSc2nnc(-c3ccccc3F)n2-c2ccc(C)cc2)cc1. The van der Waals surface area contributed by atoms with Crippen molar-refractivity contribution in [2.45, 2.75) is 19.0 Å². The number of nitrogens with zero attached hydrogens (tertiary/aromatic N) is 3. The van der Waals surface area contributed by atoms with Gasteiger partial charge in [0.15, 0.2) is 11.0 Å². The first-order valence-electron chi connectivity index (χ1n) is 10.5. The number of halogens is 1. The van der Waals surface area contributed by atoms with Crippen LogP contribution in [0.1, 0.15) is 12.5 Å². The molecule has 0 saturated heterocycles. The Kier molecular flexibility index (Phi) is 7.04. The van der Waals surface area contributed by atoms with Gasteiger partial charge in [-0.2, -0.15) is 0 Å². The summed E-state index contributed by atoms with van der Waals surface area (Å²) in [5.41, 5.74) is 2.91. The first-order chi connectivity index (χ1) is 16.0. The van der Waals surface area contributed by atoms with Crippen LogP contribution in [0.5, 0.6) is 5.75 Å². The quantitative estimate of drug-likeness (QED) is 0.350. The number of aromatic nitrogens is 3. The number of benzene rings is 3. The zero-order chi connectivity index (χ0) is 23.2. The number of carbonyl (C=O) groups excluding carboxylic acids is 1. The van der Waals surface area contributed by atoms with E-state index in [-0.39, 0.29) is 17.5 Å². The molecule has 0 radical (unpaired) electrons. The predicted octanol–water partition coefficient (Wildman–Crippen LogP) is 5.51. The smallest absolute Gasteiger partial charge is 0.234 e. The summed E-state index contributed by atoms with van der Waals surface area (Å²) in [5, 5.41) is 11.9. The largest absolute Gasteiger partial charge is 0.494 e. The standard InChI is InChI=1S/C25H23FN4O2S/c1-3-32-20-14-10-18(11-15-20)27-23(31)16-33-25-29-28-24(21-6-4-5-7-22(21)26)30(25)19-12-8-17(2)9-13-19/h4-15H,3,16H2,1-2H3,(H,27,31). The van der Waals surface area contributed by atoms with Crippen LogP contribution in [0.4, 0.5) is 10.1 Å². The number of anilines is 1. The van der Waals surface area contributed by atoms with Crippen LogP contribution in [-0.2, 0) is 4.79 Å². The molecule has 0 aliphatic heterocycles. The highest BCUT2D eigenvalue weighted by Gasteiger charge is 2.19. The van der Waals surface area contributed by atoms with Crippen molar-refractivity contribution < 1.29 is 13.9 Å². The topological polar surface area (TPSA) is 69.0 Å². The number of carbonyl (C=O) groups is 1. The van der Waals surface area contributed by atoms with Crippen molar-refractivity contribution in [2.24, 2.45) is 0 Å². The van der Waals surface area contributed by atoms with Gasteiger partial charge in [0.05, 0.1) is 17.9 Å². The molecular formula is C25H23FN4O2S. The van der Waals surface area contributed by atoms with Crippen LogP contribution < -0.4 is 10.1 Å². The zero-order valence-electron chi connectivity index (χ0n) is 18.3. The molecular weight excluding hydrogens is 439 g/mol. The highest BCUT2D eigenvalue weighted by atomic mass is 32.2. The summed E-state index contributed by atoms with van der Waals surface area (Å²) in [4.78, 5) is 12.5. The van der Waals surface area contributed by atoms with E-state index >= 15 is 0 Å². The number of rotatable bonds is 8. The van der Waals surface area contributed by atoms with Gasteiger partial charge >= 0.3 is 0 Å². The lowest BCUT2D eigenvalue weighted by atomic mass is 10.2. The Morgan fingerprint density at radius 3 is 2.45 bits per heavy atom. The highest BCUT2D eigenvalue weighted by Crippen LogP contribution is 2.29. The van der Waals surface area contributed by atoms with Gasteiger partial charge < -0.3 is 10.1 Å². The Morgan fingerprint density at radius 1 is 1.03 bits per heavy atom. The van der Waals surface area contributed by atoms with Gasteiger partial charge in [0, 0.05) is 11.4 Å². The summed E-state index contributed by atoms with van der Waals surface area (Å²) in [5.74, 6) is 0.676. The van der Waals surface area contributed by atoms with E-state index in [1.807, 2.05) is 38.1 Å². The van der Waals surface area contributed by atoms with Gasteiger partial charge in [-0.1, -0.05) is 41.6 Å². The molecule has 4 rings (SSSR count). The predicted molar refractivity (Wildman–Crippen MR) is 128 cm³/mol. The van der Waals surface area contributed by atoms with Crippen molar-refractivity contribution in [2.75, 3.05) is 17.7 Å². The molecule has 6 nitrogen and oxygen atoms in total.